The van der Waals surface area contributed by atoms with Gasteiger partial charge in [-0.1, -0.05) is 0 Å². The number of likely N-dealkylation sites (N-methyl/N-ethyl adjacent to an activating group) is 1. The zero-order valence-corrected chi connectivity index (χ0v) is 22.5. The van der Waals surface area contributed by atoms with E-state index in [9.17, 15) is 14.0 Å². The number of ether oxygens (including phenoxy) is 2. The molecule has 2 N–H and O–H groups in total. The number of hydrogen-bond acceptors (Lipinski definition) is 7. The summed E-state index contributed by atoms with van der Waals surface area (Å²) in [7, 11) is 2.15. The van der Waals surface area contributed by atoms with Crippen LogP contribution >= 0.6 is 0 Å². The van der Waals surface area contributed by atoms with E-state index in [0.29, 0.717) is 30.7 Å². The molecule has 0 radical (unpaired) electrons. The van der Waals surface area contributed by atoms with Crippen molar-refractivity contribution >= 4 is 23.6 Å². The van der Waals surface area contributed by atoms with Crippen molar-refractivity contribution in [3.8, 4) is 11.5 Å². The van der Waals surface area contributed by atoms with E-state index < -0.39 is 17.5 Å². The van der Waals surface area contributed by atoms with Crippen molar-refractivity contribution in [1.29, 1.82) is 0 Å². The van der Waals surface area contributed by atoms with Crippen LogP contribution in [0.4, 0.5) is 25.5 Å². The van der Waals surface area contributed by atoms with Crippen LogP contribution in [0.5, 0.6) is 11.5 Å². The number of piperazine rings is 1. The largest absolute Gasteiger partial charge is 0.457 e. The number of benzene rings is 1. The summed E-state index contributed by atoms with van der Waals surface area (Å²) in [5.74, 6) is 0.288. The maximum Gasteiger partial charge on any atom is 0.412 e. The van der Waals surface area contributed by atoms with Crippen molar-refractivity contribution in [3.05, 3.63) is 42.3 Å². The Morgan fingerprint density at radius 1 is 0.974 bits per heavy atom. The second-order valence-corrected chi connectivity index (χ2v) is 10.7. The summed E-state index contributed by atoms with van der Waals surface area (Å²) >= 11 is 0. The van der Waals surface area contributed by atoms with Crippen molar-refractivity contribution in [2.75, 3.05) is 56.9 Å². The van der Waals surface area contributed by atoms with Gasteiger partial charge in [-0.2, -0.15) is 0 Å². The van der Waals surface area contributed by atoms with Crippen molar-refractivity contribution < 1.29 is 23.5 Å². The maximum atomic E-state index is 14.5. The summed E-state index contributed by atoms with van der Waals surface area (Å²) in [5.41, 5.74) is -0.718. The fourth-order valence-corrected chi connectivity index (χ4v) is 4.56. The van der Waals surface area contributed by atoms with Gasteiger partial charge in [-0.15, -0.1) is 0 Å². The van der Waals surface area contributed by atoms with Gasteiger partial charge in [0, 0.05) is 63.6 Å². The standard InChI is InChI=1S/C27H37FN6O4/c1-27(2,3)38-26(36)30-23-6-5-20(17-22(23)28)37-21-7-10-29-24(18-21)31-25(35)34-11-8-19(9-12-34)33-15-13-32(4)14-16-33/h5-7,10,17-19H,8-9,11-16H2,1-4H3,(H,30,36)(H,29,31,35). The van der Waals surface area contributed by atoms with Crippen LogP contribution in [0.1, 0.15) is 33.6 Å². The summed E-state index contributed by atoms with van der Waals surface area (Å²) in [5, 5.41) is 5.22. The van der Waals surface area contributed by atoms with Gasteiger partial charge in [0.1, 0.15) is 22.9 Å². The number of halogens is 1. The Bertz CT molecular complexity index is 1120. The van der Waals surface area contributed by atoms with E-state index >= 15 is 0 Å². The molecule has 0 spiro atoms. The molecule has 3 amide bonds. The number of urea groups is 1. The smallest absolute Gasteiger partial charge is 0.412 e. The fraction of sp³-hybridized carbons (Fsp3) is 0.519. The number of aromatic nitrogens is 1. The predicted octanol–water partition coefficient (Wildman–Crippen LogP) is 4.60. The van der Waals surface area contributed by atoms with Crippen LogP contribution in [-0.2, 0) is 4.74 Å². The second kappa shape index (κ2) is 12.0. The number of nitrogens with zero attached hydrogens (tertiary/aromatic N) is 4. The first-order chi connectivity index (χ1) is 18.1. The lowest BCUT2D eigenvalue weighted by Crippen LogP contribution is -2.53. The molecular weight excluding hydrogens is 491 g/mol. The predicted molar refractivity (Wildman–Crippen MR) is 143 cm³/mol. The summed E-state index contributed by atoms with van der Waals surface area (Å²) in [6, 6.07) is 7.60. The Morgan fingerprint density at radius 2 is 1.66 bits per heavy atom. The molecule has 0 unspecified atom stereocenters. The van der Waals surface area contributed by atoms with Crippen LogP contribution in [0.25, 0.3) is 0 Å². The first-order valence-electron chi connectivity index (χ1n) is 13.0. The van der Waals surface area contributed by atoms with Gasteiger partial charge in [0.05, 0.1) is 5.69 Å². The number of carbonyl (C=O) groups excluding carboxylic acids is 2. The van der Waals surface area contributed by atoms with Crippen molar-refractivity contribution in [1.82, 2.24) is 19.7 Å². The monoisotopic (exact) mass is 528 g/mol. The summed E-state index contributed by atoms with van der Waals surface area (Å²) in [4.78, 5) is 35.7. The molecule has 2 aromatic rings. The molecule has 1 aromatic heterocycles. The van der Waals surface area contributed by atoms with Crippen LogP contribution in [-0.4, -0.2) is 89.8 Å². The van der Waals surface area contributed by atoms with Crippen molar-refractivity contribution in [2.45, 2.75) is 45.3 Å². The molecule has 2 aliphatic heterocycles. The summed E-state index contributed by atoms with van der Waals surface area (Å²) in [6.45, 7) is 10.9. The third-order valence-electron chi connectivity index (χ3n) is 6.58. The van der Waals surface area contributed by atoms with Crippen LogP contribution in [0.2, 0.25) is 0 Å². The van der Waals surface area contributed by atoms with Crippen LogP contribution in [0.3, 0.4) is 0 Å². The van der Waals surface area contributed by atoms with Crippen LogP contribution in [0.15, 0.2) is 36.5 Å². The van der Waals surface area contributed by atoms with Gasteiger partial charge in [0.2, 0.25) is 0 Å². The SMILES string of the molecule is CN1CCN(C2CCN(C(=O)Nc3cc(Oc4ccc(NC(=O)OC(C)(C)C)c(F)c4)ccn3)CC2)CC1. The quantitative estimate of drug-likeness (QED) is 0.585. The average Bonchev–Trinajstić information content (AvgIpc) is 2.85. The van der Waals surface area contributed by atoms with E-state index in [1.165, 1.54) is 18.3 Å². The highest BCUT2D eigenvalue weighted by atomic mass is 19.1. The molecule has 2 saturated heterocycles. The number of amides is 3. The zero-order chi connectivity index (χ0) is 27.3. The van der Waals surface area contributed by atoms with E-state index in [1.807, 2.05) is 4.90 Å². The molecule has 206 valence electrons. The normalized spacial score (nSPS) is 17.7. The van der Waals surface area contributed by atoms with Gasteiger partial charge in [-0.3, -0.25) is 15.5 Å². The van der Waals surface area contributed by atoms with Gasteiger partial charge in [-0.25, -0.2) is 19.0 Å². The number of rotatable bonds is 5. The molecule has 4 rings (SSSR count). The van der Waals surface area contributed by atoms with Crippen molar-refractivity contribution in [3.63, 3.8) is 0 Å². The molecule has 0 atom stereocenters. The molecule has 38 heavy (non-hydrogen) atoms. The van der Waals surface area contributed by atoms with Gasteiger partial charge in [-0.05, 0) is 58.9 Å². The maximum absolute atomic E-state index is 14.5. The van der Waals surface area contributed by atoms with E-state index in [-0.39, 0.29) is 17.5 Å². The molecule has 11 heteroatoms. The molecule has 0 saturated carbocycles. The molecule has 3 heterocycles. The average molecular weight is 529 g/mol. The van der Waals surface area contributed by atoms with Gasteiger partial charge >= 0.3 is 12.1 Å². The molecule has 0 aliphatic carbocycles. The summed E-state index contributed by atoms with van der Waals surface area (Å²) in [6.07, 6.45) is 2.68. The van der Waals surface area contributed by atoms with E-state index in [4.69, 9.17) is 9.47 Å². The van der Waals surface area contributed by atoms with Gasteiger partial charge in [0.15, 0.2) is 5.82 Å². The number of pyridine rings is 1. The third kappa shape index (κ3) is 7.78. The zero-order valence-electron chi connectivity index (χ0n) is 22.5. The molecule has 10 nitrogen and oxygen atoms in total. The minimum absolute atomic E-state index is 0.0225. The van der Waals surface area contributed by atoms with Gasteiger partial charge < -0.3 is 19.3 Å². The lowest BCUT2D eigenvalue weighted by molar-refractivity contribution is 0.0635. The molecule has 2 fully saturated rings. The number of anilines is 2. The van der Waals surface area contributed by atoms with Crippen LogP contribution < -0.4 is 15.4 Å². The lowest BCUT2D eigenvalue weighted by atomic mass is 10.0. The summed E-state index contributed by atoms with van der Waals surface area (Å²) < 4.78 is 25.4. The highest BCUT2D eigenvalue weighted by Gasteiger charge is 2.28. The Kier molecular flexibility index (Phi) is 8.68. The molecular formula is C27H37FN6O4. The third-order valence-corrected chi connectivity index (χ3v) is 6.58. The Morgan fingerprint density at radius 3 is 2.32 bits per heavy atom. The molecule has 1 aromatic carbocycles. The Labute approximate surface area is 223 Å². The van der Waals surface area contributed by atoms with Crippen molar-refractivity contribution in [2.24, 2.45) is 0 Å². The Hall–Kier alpha value is -3.44. The topological polar surface area (TPSA) is 99.3 Å². The first kappa shape index (κ1) is 27.6. The van der Waals surface area contributed by atoms with E-state index in [2.05, 4.69) is 32.5 Å². The second-order valence-electron chi connectivity index (χ2n) is 10.7. The fourth-order valence-electron chi connectivity index (χ4n) is 4.56. The van der Waals surface area contributed by atoms with E-state index in [0.717, 1.165) is 45.1 Å². The van der Waals surface area contributed by atoms with Crippen LogP contribution in [0, 0.1) is 5.82 Å². The first-order valence-corrected chi connectivity index (χ1v) is 13.0. The Balaban J connectivity index is 1.28. The molecule has 0 bridgehead atoms. The number of piperidine rings is 1. The lowest BCUT2D eigenvalue weighted by Gasteiger charge is -2.42. The highest BCUT2D eigenvalue weighted by Crippen LogP contribution is 2.27. The molecule has 2 aliphatic rings. The highest BCUT2D eigenvalue weighted by molar-refractivity contribution is 5.88. The van der Waals surface area contributed by atoms with E-state index in [1.54, 1.807) is 32.9 Å². The minimum atomic E-state index is -0.747. The van der Waals surface area contributed by atoms with Gasteiger partial charge in [0.25, 0.3) is 0 Å². The number of hydrogen-bond donors (Lipinski definition) is 2. The number of carbonyl (C=O) groups is 2. The number of likely N-dealkylation sites (tertiary alicyclic amines) is 1. The minimum Gasteiger partial charge on any atom is -0.457 e. The number of nitrogens with one attached hydrogen (secondary N) is 2.